The van der Waals surface area contributed by atoms with Crippen LogP contribution in [0.2, 0.25) is 0 Å². The summed E-state index contributed by atoms with van der Waals surface area (Å²) in [5, 5.41) is 19.9. The van der Waals surface area contributed by atoms with Crippen LogP contribution in [0.5, 0.6) is 0 Å². The number of hydrogen-bond donors (Lipinski definition) is 1. The van der Waals surface area contributed by atoms with Crippen molar-refractivity contribution < 1.29 is 9.21 Å². The predicted molar refractivity (Wildman–Crippen MR) is 139 cm³/mol. The Hall–Kier alpha value is -4.53. The summed E-state index contributed by atoms with van der Waals surface area (Å²) in [6, 6.07) is 23.5. The fraction of sp³-hybridized carbons (Fsp3) is 0.143. The van der Waals surface area contributed by atoms with Crippen LogP contribution in [-0.4, -0.2) is 16.6 Å². The van der Waals surface area contributed by atoms with Crippen LogP contribution in [0.25, 0.3) is 11.3 Å². The van der Waals surface area contributed by atoms with Gasteiger partial charge in [0.2, 0.25) is 5.91 Å². The number of para-hydroxylation sites is 2. The molecule has 2 aromatic heterocycles. The number of amides is 1. The molecule has 1 aliphatic rings. The second kappa shape index (κ2) is 9.99. The van der Waals surface area contributed by atoms with E-state index in [-0.39, 0.29) is 29.3 Å². The summed E-state index contributed by atoms with van der Waals surface area (Å²) in [6.07, 6.45) is 3.41. The first-order valence-electron chi connectivity index (χ1n) is 11.4. The molecule has 0 bridgehead atoms. The van der Waals surface area contributed by atoms with Crippen LogP contribution in [0.1, 0.15) is 28.7 Å². The number of carbonyl (C=O) groups is 1. The van der Waals surface area contributed by atoms with Gasteiger partial charge in [-0.3, -0.25) is 9.69 Å². The summed E-state index contributed by atoms with van der Waals surface area (Å²) in [4.78, 5) is 19.7. The number of fused-ring (bicyclic) bond motifs is 2. The third-order valence-electron chi connectivity index (χ3n) is 6.12. The Bertz CT molecular complexity index is 1490. The average Bonchev–Trinajstić information content (AvgIpc) is 3.37. The molecule has 1 aliphatic heterocycles. The lowest BCUT2D eigenvalue weighted by Crippen LogP contribution is -2.27. The number of nitriles is 2. The maximum Gasteiger partial charge on any atom is 0.232 e. The van der Waals surface area contributed by atoms with Crippen LogP contribution in [0.3, 0.4) is 0 Å². The van der Waals surface area contributed by atoms with Crippen molar-refractivity contribution in [1.29, 1.82) is 10.5 Å². The zero-order valence-corrected chi connectivity index (χ0v) is 20.1. The number of nitrogens with zero attached hydrogens (tertiary/aromatic N) is 4. The smallest absolute Gasteiger partial charge is 0.232 e. The molecule has 4 aromatic rings. The number of aryl methyl sites for hydroxylation is 2. The number of pyridine rings is 1. The molecule has 0 radical (unpaired) electrons. The highest BCUT2D eigenvalue weighted by Gasteiger charge is 2.26. The van der Waals surface area contributed by atoms with Gasteiger partial charge in [0, 0.05) is 12.2 Å². The van der Waals surface area contributed by atoms with Crippen molar-refractivity contribution in [3.63, 3.8) is 0 Å². The molecule has 0 unspecified atom stereocenters. The Morgan fingerprint density at radius 3 is 2.19 bits per heavy atom. The molecule has 8 heteroatoms. The molecule has 5 rings (SSSR count). The van der Waals surface area contributed by atoms with E-state index in [9.17, 15) is 15.3 Å². The molecule has 2 N–H and O–H groups in total. The van der Waals surface area contributed by atoms with E-state index in [1.165, 1.54) is 18.0 Å². The van der Waals surface area contributed by atoms with Gasteiger partial charge in [-0.1, -0.05) is 36.4 Å². The summed E-state index contributed by atoms with van der Waals surface area (Å²) < 4.78 is 5.46. The topological polar surface area (TPSA) is 120 Å². The number of furan rings is 1. The van der Waals surface area contributed by atoms with Crippen molar-refractivity contribution in [2.75, 3.05) is 16.4 Å². The monoisotopic (exact) mass is 491 g/mol. The predicted octanol–water partition coefficient (Wildman–Crippen LogP) is 5.61. The molecule has 0 saturated heterocycles. The third-order valence-corrected chi connectivity index (χ3v) is 7.09. The molecule has 36 heavy (non-hydrogen) atoms. The Labute approximate surface area is 212 Å². The minimum Gasteiger partial charge on any atom is -0.464 e. The Balaban J connectivity index is 1.43. The first-order valence-corrected chi connectivity index (χ1v) is 12.4. The Morgan fingerprint density at radius 2 is 1.61 bits per heavy atom. The lowest BCUT2D eigenvalue weighted by molar-refractivity contribution is -0.117. The van der Waals surface area contributed by atoms with E-state index >= 15 is 0 Å². The SMILES string of the molecule is N#Cc1c(N)nc(SCCC(=O)N2c3ccccc3CCc3ccccc32)c(C#N)c1-c1ccco1. The molecule has 3 heterocycles. The highest BCUT2D eigenvalue weighted by atomic mass is 32.2. The fourth-order valence-corrected chi connectivity index (χ4v) is 5.39. The van der Waals surface area contributed by atoms with Crippen molar-refractivity contribution >= 4 is 34.9 Å². The quantitative estimate of drug-likeness (QED) is 0.360. The Morgan fingerprint density at radius 1 is 0.972 bits per heavy atom. The summed E-state index contributed by atoms with van der Waals surface area (Å²) >= 11 is 1.26. The number of thioether (sulfide) groups is 1. The van der Waals surface area contributed by atoms with Crippen molar-refractivity contribution in [2.45, 2.75) is 24.3 Å². The zero-order chi connectivity index (χ0) is 25.1. The molecule has 1 amide bonds. The summed E-state index contributed by atoms with van der Waals surface area (Å²) in [6.45, 7) is 0. The van der Waals surface area contributed by atoms with Gasteiger partial charge >= 0.3 is 0 Å². The largest absolute Gasteiger partial charge is 0.464 e. The lowest BCUT2D eigenvalue weighted by Gasteiger charge is -2.25. The van der Waals surface area contributed by atoms with Crippen LogP contribution >= 0.6 is 11.8 Å². The molecule has 7 nitrogen and oxygen atoms in total. The maximum atomic E-state index is 13.6. The van der Waals surface area contributed by atoms with Crippen molar-refractivity contribution in [1.82, 2.24) is 4.98 Å². The number of anilines is 3. The minimum absolute atomic E-state index is 0.0205. The van der Waals surface area contributed by atoms with Crippen molar-refractivity contribution in [2.24, 2.45) is 0 Å². The van der Waals surface area contributed by atoms with Gasteiger partial charge in [0.1, 0.15) is 34.3 Å². The molecule has 0 saturated carbocycles. The van der Waals surface area contributed by atoms with Crippen molar-refractivity contribution in [3.8, 4) is 23.5 Å². The van der Waals surface area contributed by atoms with Crippen LogP contribution < -0.4 is 10.6 Å². The summed E-state index contributed by atoms with van der Waals surface area (Å²) in [7, 11) is 0. The molecule has 0 fully saturated rings. The van der Waals surface area contributed by atoms with E-state index in [0.29, 0.717) is 22.1 Å². The first-order chi connectivity index (χ1) is 17.6. The van der Waals surface area contributed by atoms with E-state index in [1.807, 2.05) is 42.5 Å². The molecular formula is C28H21N5O2S. The lowest BCUT2D eigenvalue weighted by atomic mass is 10.0. The number of rotatable bonds is 5. The normalized spacial score (nSPS) is 12.1. The second-order valence-electron chi connectivity index (χ2n) is 8.21. The molecule has 0 spiro atoms. The van der Waals surface area contributed by atoms with Crippen LogP contribution in [0.4, 0.5) is 17.2 Å². The summed E-state index contributed by atoms with van der Waals surface area (Å²) in [5.41, 5.74) is 10.7. The fourth-order valence-electron chi connectivity index (χ4n) is 4.47. The maximum absolute atomic E-state index is 13.6. The van der Waals surface area contributed by atoms with E-state index in [2.05, 4.69) is 23.2 Å². The number of benzene rings is 2. The molecule has 0 atom stereocenters. The van der Waals surface area contributed by atoms with Crippen molar-refractivity contribution in [3.05, 3.63) is 89.2 Å². The zero-order valence-electron chi connectivity index (χ0n) is 19.3. The molecule has 176 valence electrons. The van der Waals surface area contributed by atoms with Crippen LogP contribution in [0, 0.1) is 22.7 Å². The van der Waals surface area contributed by atoms with Gasteiger partial charge in [-0.15, -0.1) is 11.8 Å². The second-order valence-corrected chi connectivity index (χ2v) is 9.30. The first kappa shape index (κ1) is 23.2. The Kier molecular flexibility index (Phi) is 6.44. The van der Waals surface area contributed by atoms with Gasteiger partial charge < -0.3 is 10.2 Å². The number of aromatic nitrogens is 1. The van der Waals surface area contributed by atoms with Gasteiger partial charge in [0.15, 0.2) is 0 Å². The van der Waals surface area contributed by atoms with Gasteiger partial charge in [0.05, 0.1) is 28.8 Å². The van der Waals surface area contributed by atoms with Gasteiger partial charge in [0.25, 0.3) is 0 Å². The summed E-state index contributed by atoms with van der Waals surface area (Å²) in [5.74, 6) is 0.722. The minimum atomic E-state index is -0.0457. The number of nitrogen functional groups attached to an aromatic ring is 1. The van der Waals surface area contributed by atoms with E-state index in [1.54, 1.807) is 17.0 Å². The molecule has 0 aliphatic carbocycles. The van der Waals surface area contributed by atoms with Gasteiger partial charge in [-0.05, 0) is 48.2 Å². The van der Waals surface area contributed by atoms with E-state index in [4.69, 9.17) is 10.2 Å². The highest BCUT2D eigenvalue weighted by molar-refractivity contribution is 7.99. The van der Waals surface area contributed by atoms with Crippen LogP contribution in [-0.2, 0) is 17.6 Å². The van der Waals surface area contributed by atoms with Gasteiger partial charge in [-0.25, -0.2) is 4.98 Å². The third kappa shape index (κ3) is 4.19. The van der Waals surface area contributed by atoms with E-state index < -0.39 is 0 Å². The number of hydrogen-bond acceptors (Lipinski definition) is 7. The molecular weight excluding hydrogens is 470 g/mol. The standard InChI is InChI=1S/C28H21N5O2S/c29-16-20-26(24-10-5-14-35-24)21(17-30)28(32-27(20)31)36-15-13-25(34)33-22-8-3-1-6-18(22)11-12-19-7-2-4-9-23(19)33/h1-10,14H,11-13,15H2,(H2,31,32). The van der Waals surface area contributed by atoms with Crippen LogP contribution in [0.15, 0.2) is 76.4 Å². The highest BCUT2D eigenvalue weighted by Crippen LogP contribution is 2.38. The van der Waals surface area contributed by atoms with E-state index in [0.717, 1.165) is 35.3 Å². The number of nitrogens with two attached hydrogens (primary N) is 1. The average molecular weight is 492 g/mol. The molecule has 2 aromatic carbocycles. The van der Waals surface area contributed by atoms with Gasteiger partial charge in [-0.2, -0.15) is 10.5 Å². The number of carbonyl (C=O) groups excluding carboxylic acids is 1.